The van der Waals surface area contributed by atoms with Gasteiger partial charge in [0, 0.05) is 47.1 Å². The third-order valence-electron chi connectivity index (χ3n) is 6.78. The van der Waals surface area contributed by atoms with Crippen molar-refractivity contribution >= 4 is 5.82 Å². The average Bonchev–Trinajstić information content (AvgIpc) is 3.35. The van der Waals surface area contributed by atoms with Crippen LogP contribution < -0.4 is 5.32 Å². The number of nitrogens with zero attached hydrogens (tertiary/aromatic N) is 3. The molecule has 6 heteroatoms. The van der Waals surface area contributed by atoms with Crippen LogP contribution in [0.5, 0.6) is 0 Å². The Bertz CT molecular complexity index is 955. The highest BCUT2D eigenvalue weighted by Crippen LogP contribution is 2.40. The van der Waals surface area contributed by atoms with Crippen molar-refractivity contribution in [3.05, 3.63) is 41.7 Å². The third-order valence-corrected chi connectivity index (χ3v) is 6.78. The van der Waals surface area contributed by atoms with Gasteiger partial charge >= 0.3 is 0 Å². The van der Waals surface area contributed by atoms with Crippen molar-refractivity contribution in [1.82, 2.24) is 15.1 Å². The van der Waals surface area contributed by atoms with Gasteiger partial charge in [-0.25, -0.2) is 4.39 Å². The van der Waals surface area contributed by atoms with Gasteiger partial charge in [-0.05, 0) is 74.1 Å². The molecule has 3 aliphatic rings. The first kappa shape index (κ1) is 17.6. The van der Waals surface area contributed by atoms with E-state index in [0.717, 1.165) is 55.7 Å². The number of halogens is 1. The van der Waals surface area contributed by atoms with Gasteiger partial charge in [0.25, 0.3) is 0 Å². The molecule has 3 atom stereocenters. The minimum atomic E-state index is -1.24. The van der Waals surface area contributed by atoms with Crippen LogP contribution in [0.15, 0.2) is 30.3 Å². The fourth-order valence-corrected chi connectivity index (χ4v) is 5.22. The Labute approximate surface area is 180 Å². The van der Waals surface area contributed by atoms with Gasteiger partial charge in [-0.3, -0.25) is 0 Å². The van der Waals surface area contributed by atoms with E-state index in [0.29, 0.717) is 36.8 Å². The maximum absolute atomic E-state index is 13.5. The second kappa shape index (κ2) is 8.60. The van der Waals surface area contributed by atoms with E-state index in [-0.39, 0.29) is 11.7 Å². The van der Waals surface area contributed by atoms with E-state index in [1.807, 2.05) is 19.1 Å². The van der Waals surface area contributed by atoms with E-state index >= 15 is 0 Å². The first-order valence-corrected chi connectivity index (χ1v) is 11.1. The van der Waals surface area contributed by atoms with Crippen LogP contribution in [-0.2, 0) is 4.74 Å². The normalized spacial score (nSPS) is 28.8. The molecule has 3 fully saturated rings. The van der Waals surface area contributed by atoms with Gasteiger partial charge in [-0.15, -0.1) is 10.2 Å². The molecule has 0 amide bonds. The zero-order chi connectivity index (χ0) is 22.3. The third kappa shape index (κ3) is 4.35. The fourth-order valence-electron chi connectivity index (χ4n) is 5.22. The number of hydrogen-bond donors (Lipinski definition) is 1. The van der Waals surface area contributed by atoms with Crippen molar-refractivity contribution in [2.45, 2.75) is 38.6 Å². The van der Waals surface area contributed by atoms with Crippen molar-refractivity contribution < 1.29 is 11.9 Å². The number of benzene rings is 1. The zero-order valence-corrected chi connectivity index (χ0v) is 17.5. The molecule has 5 rings (SSSR count). The summed E-state index contributed by atoms with van der Waals surface area (Å²) >= 11 is 0. The molecule has 0 radical (unpaired) electrons. The van der Waals surface area contributed by atoms with E-state index in [4.69, 9.17) is 7.48 Å². The number of likely N-dealkylation sites (tertiary alicyclic amines) is 1. The van der Waals surface area contributed by atoms with Crippen LogP contribution in [0.1, 0.15) is 34.0 Å². The summed E-state index contributed by atoms with van der Waals surface area (Å²) in [7, 11) is 0. The van der Waals surface area contributed by atoms with Crippen molar-refractivity contribution in [3.63, 3.8) is 0 Å². The lowest BCUT2D eigenvalue weighted by atomic mass is 10.00. The zero-order valence-electron chi connectivity index (χ0n) is 19.5. The van der Waals surface area contributed by atoms with Gasteiger partial charge in [0.15, 0.2) is 5.82 Å². The first-order valence-electron chi connectivity index (χ1n) is 12.1. The number of nitrogens with one attached hydrogen (secondary N) is 1. The van der Waals surface area contributed by atoms with E-state index < -0.39 is 6.50 Å². The van der Waals surface area contributed by atoms with Crippen LogP contribution in [0.25, 0.3) is 11.3 Å². The topological polar surface area (TPSA) is 50.3 Å². The SMILES string of the molecule is [2H]C([2H])(C1CCOCC1)N1C[C@H]2CC(Nc3nnc(-c4cccc(F)c4)cc3C)C[C@H]2C1. The predicted octanol–water partition coefficient (Wildman–Crippen LogP) is 4.14. The van der Waals surface area contributed by atoms with Crippen molar-refractivity contribution in [1.29, 1.82) is 0 Å². The Hall–Kier alpha value is -2.05. The standard InChI is InChI=1S/C24H31FN4O/c1-16-9-23(18-3-2-4-21(25)10-18)27-28-24(16)26-22-11-19-14-29(15-20(19)12-22)13-17-5-7-30-8-6-17/h2-4,9-10,17,19-20,22H,5-8,11-15H2,1H3,(H,26,28)/t19-,20+,22?/i13D2. The Morgan fingerprint density at radius 1 is 1.17 bits per heavy atom. The molecule has 1 saturated carbocycles. The molecule has 3 heterocycles. The Morgan fingerprint density at radius 3 is 2.63 bits per heavy atom. The molecule has 2 saturated heterocycles. The molecular weight excluding hydrogens is 379 g/mol. The van der Waals surface area contributed by atoms with Gasteiger partial charge in [-0.2, -0.15) is 0 Å². The van der Waals surface area contributed by atoms with Gasteiger partial charge in [0.05, 0.1) is 5.69 Å². The number of anilines is 1. The van der Waals surface area contributed by atoms with Gasteiger partial charge in [0.2, 0.25) is 0 Å². The van der Waals surface area contributed by atoms with Crippen molar-refractivity contribution in [2.75, 3.05) is 38.1 Å². The smallest absolute Gasteiger partial charge is 0.151 e. The summed E-state index contributed by atoms with van der Waals surface area (Å²) in [5.74, 6) is 1.60. The molecule has 160 valence electrons. The molecule has 0 spiro atoms. The van der Waals surface area contributed by atoms with E-state index in [1.54, 1.807) is 6.07 Å². The summed E-state index contributed by atoms with van der Waals surface area (Å²) in [5.41, 5.74) is 2.39. The summed E-state index contributed by atoms with van der Waals surface area (Å²) in [4.78, 5) is 2.09. The molecule has 2 aliphatic heterocycles. The first-order chi connectivity index (χ1) is 15.4. The number of hydrogen-bond acceptors (Lipinski definition) is 5. The Kier molecular flexibility index (Phi) is 5.05. The van der Waals surface area contributed by atoms with Crippen LogP contribution in [0.3, 0.4) is 0 Å². The minimum Gasteiger partial charge on any atom is -0.381 e. The lowest BCUT2D eigenvalue weighted by molar-refractivity contribution is 0.0545. The van der Waals surface area contributed by atoms with Gasteiger partial charge < -0.3 is 15.0 Å². The molecule has 1 aliphatic carbocycles. The molecule has 2 aromatic rings. The highest BCUT2D eigenvalue weighted by Gasteiger charge is 2.41. The van der Waals surface area contributed by atoms with E-state index in [1.165, 1.54) is 12.1 Å². The number of rotatable bonds is 5. The van der Waals surface area contributed by atoms with Crippen LogP contribution >= 0.6 is 0 Å². The number of aromatic nitrogens is 2. The Morgan fingerprint density at radius 2 is 1.93 bits per heavy atom. The van der Waals surface area contributed by atoms with Gasteiger partial charge in [-0.1, -0.05) is 12.1 Å². The van der Waals surface area contributed by atoms with Gasteiger partial charge in [0.1, 0.15) is 5.82 Å². The quantitative estimate of drug-likeness (QED) is 0.800. The maximum Gasteiger partial charge on any atom is 0.151 e. The van der Waals surface area contributed by atoms with Crippen molar-refractivity contribution in [2.24, 2.45) is 17.8 Å². The number of aryl methyl sites for hydroxylation is 1. The molecule has 0 bridgehead atoms. The molecule has 1 aromatic carbocycles. The van der Waals surface area contributed by atoms with Crippen LogP contribution in [0, 0.1) is 30.5 Å². The summed E-state index contributed by atoms with van der Waals surface area (Å²) in [5, 5.41) is 12.3. The molecule has 1 unspecified atom stereocenters. The predicted molar refractivity (Wildman–Crippen MR) is 116 cm³/mol. The molecule has 5 nitrogen and oxygen atoms in total. The minimum absolute atomic E-state index is 0.0681. The highest BCUT2D eigenvalue weighted by atomic mass is 19.1. The molecular formula is C24H31FN4O. The van der Waals surface area contributed by atoms with E-state index in [2.05, 4.69) is 20.4 Å². The lowest BCUT2D eigenvalue weighted by Crippen LogP contribution is -2.32. The second-order valence-electron chi connectivity index (χ2n) is 9.03. The molecule has 1 N–H and O–H groups in total. The summed E-state index contributed by atoms with van der Waals surface area (Å²) in [6.45, 7) is 3.77. The summed E-state index contributed by atoms with van der Waals surface area (Å²) < 4.78 is 36.4. The van der Waals surface area contributed by atoms with Crippen molar-refractivity contribution in [3.8, 4) is 11.3 Å². The second-order valence-corrected chi connectivity index (χ2v) is 9.03. The monoisotopic (exact) mass is 412 g/mol. The lowest BCUT2D eigenvalue weighted by Gasteiger charge is -2.27. The number of ether oxygens (including phenoxy) is 1. The van der Waals surface area contributed by atoms with Crippen LogP contribution in [0.4, 0.5) is 10.2 Å². The average molecular weight is 413 g/mol. The van der Waals surface area contributed by atoms with Crippen LogP contribution in [0.2, 0.25) is 0 Å². The highest BCUT2D eigenvalue weighted by molar-refractivity contribution is 5.61. The largest absolute Gasteiger partial charge is 0.381 e. The maximum atomic E-state index is 13.5. The van der Waals surface area contributed by atoms with E-state index in [9.17, 15) is 4.39 Å². The number of fused-ring (bicyclic) bond motifs is 1. The Balaban J connectivity index is 1.20. The summed E-state index contributed by atoms with van der Waals surface area (Å²) in [6, 6.07) is 8.69. The molecule has 30 heavy (non-hydrogen) atoms. The fraction of sp³-hybridized carbons (Fsp3) is 0.583. The summed E-state index contributed by atoms with van der Waals surface area (Å²) in [6.07, 6.45) is 3.68. The molecule has 1 aromatic heterocycles. The van der Waals surface area contributed by atoms with Crippen LogP contribution in [-0.4, -0.2) is 53.9 Å².